The van der Waals surface area contributed by atoms with Crippen LogP contribution in [-0.2, 0) is 9.59 Å². The monoisotopic (exact) mass is 437 g/mol. The summed E-state index contributed by atoms with van der Waals surface area (Å²) in [5.74, 6) is -0.0667. The number of benzene rings is 1. The third-order valence-corrected chi connectivity index (χ3v) is 6.41. The minimum atomic E-state index is -0.511. The summed E-state index contributed by atoms with van der Waals surface area (Å²) in [6.45, 7) is 5.22. The summed E-state index contributed by atoms with van der Waals surface area (Å²) in [5, 5.41) is 2.68. The second kappa shape index (κ2) is 10.2. The molecule has 0 aliphatic carbocycles. The summed E-state index contributed by atoms with van der Waals surface area (Å²) in [6, 6.07) is 3.57. The van der Waals surface area contributed by atoms with Gasteiger partial charge in [0.25, 0.3) is 5.91 Å². The average Bonchev–Trinajstić information content (AvgIpc) is 2.73. The van der Waals surface area contributed by atoms with Crippen LogP contribution in [-0.4, -0.2) is 60.2 Å². The largest absolute Gasteiger partial charge is 0.351 e. The topological polar surface area (TPSA) is 69.7 Å². The van der Waals surface area contributed by atoms with Crippen LogP contribution in [0.15, 0.2) is 18.2 Å². The number of amides is 3. The lowest BCUT2D eigenvalue weighted by molar-refractivity contribution is -0.141. The smallest absolute Gasteiger partial charge is 0.252 e. The number of carbonyl (C=O) groups is 3. The zero-order valence-corrected chi connectivity index (χ0v) is 18.1. The van der Waals surface area contributed by atoms with Crippen molar-refractivity contribution in [1.29, 1.82) is 0 Å². The van der Waals surface area contributed by atoms with E-state index in [0.29, 0.717) is 31.8 Å². The number of nitrogens with one attached hydrogen (secondary N) is 1. The van der Waals surface area contributed by atoms with Crippen LogP contribution >= 0.6 is 11.6 Å². The molecule has 8 heteroatoms. The highest BCUT2D eigenvalue weighted by Gasteiger charge is 2.31. The van der Waals surface area contributed by atoms with Crippen LogP contribution in [0.5, 0.6) is 0 Å². The highest BCUT2D eigenvalue weighted by Crippen LogP contribution is 2.24. The van der Waals surface area contributed by atoms with E-state index in [4.69, 9.17) is 11.6 Å². The van der Waals surface area contributed by atoms with Crippen molar-refractivity contribution < 1.29 is 18.8 Å². The molecule has 3 amide bonds. The third kappa shape index (κ3) is 5.72. The van der Waals surface area contributed by atoms with Crippen LogP contribution in [0.2, 0.25) is 5.02 Å². The maximum atomic E-state index is 13.1. The predicted molar refractivity (Wildman–Crippen MR) is 113 cm³/mol. The molecule has 0 saturated carbocycles. The summed E-state index contributed by atoms with van der Waals surface area (Å²) in [7, 11) is 0. The Bertz CT molecular complexity index is 788. The molecule has 1 N–H and O–H groups in total. The number of halogens is 2. The lowest BCUT2D eigenvalue weighted by Gasteiger charge is -2.36. The van der Waals surface area contributed by atoms with E-state index in [2.05, 4.69) is 12.2 Å². The van der Waals surface area contributed by atoms with Gasteiger partial charge in [-0.25, -0.2) is 4.39 Å². The van der Waals surface area contributed by atoms with Gasteiger partial charge in [-0.1, -0.05) is 18.5 Å². The van der Waals surface area contributed by atoms with Gasteiger partial charge in [-0.2, -0.15) is 0 Å². The number of rotatable bonds is 5. The Morgan fingerprint density at radius 1 is 1.07 bits per heavy atom. The van der Waals surface area contributed by atoms with Crippen LogP contribution in [0.1, 0.15) is 49.4 Å². The van der Waals surface area contributed by atoms with Crippen LogP contribution in [0.25, 0.3) is 0 Å². The van der Waals surface area contributed by atoms with Crippen LogP contribution in [0.3, 0.4) is 0 Å². The predicted octanol–water partition coefficient (Wildman–Crippen LogP) is 3.10. The molecule has 1 aromatic carbocycles. The lowest BCUT2D eigenvalue weighted by atomic mass is 9.92. The highest BCUT2D eigenvalue weighted by atomic mass is 35.5. The number of hydrogen-bond acceptors (Lipinski definition) is 3. The normalized spacial score (nSPS) is 18.4. The summed E-state index contributed by atoms with van der Waals surface area (Å²) < 4.78 is 13.1. The minimum Gasteiger partial charge on any atom is -0.351 e. The minimum absolute atomic E-state index is 0.00257. The molecule has 0 bridgehead atoms. The molecule has 3 rings (SSSR count). The molecule has 2 saturated heterocycles. The van der Waals surface area contributed by atoms with E-state index in [-0.39, 0.29) is 41.3 Å². The number of nitrogens with zero attached hydrogens (tertiary/aromatic N) is 2. The molecule has 2 fully saturated rings. The van der Waals surface area contributed by atoms with Crippen LogP contribution in [0.4, 0.5) is 4.39 Å². The van der Waals surface area contributed by atoms with Gasteiger partial charge in [0, 0.05) is 45.1 Å². The number of likely N-dealkylation sites (tertiary alicyclic amines) is 2. The molecule has 6 nitrogen and oxygen atoms in total. The highest BCUT2D eigenvalue weighted by molar-refractivity contribution is 6.33. The first-order valence-electron chi connectivity index (χ1n) is 10.6. The van der Waals surface area contributed by atoms with Crippen molar-refractivity contribution in [2.24, 2.45) is 11.8 Å². The quantitative estimate of drug-likeness (QED) is 0.769. The zero-order chi connectivity index (χ0) is 21.7. The second-order valence-corrected chi connectivity index (χ2v) is 8.70. The lowest BCUT2D eigenvalue weighted by Crippen LogP contribution is -2.46. The van der Waals surface area contributed by atoms with Gasteiger partial charge in [0.05, 0.1) is 10.6 Å². The van der Waals surface area contributed by atoms with Gasteiger partial charge < -0.3 is 15.1 Å². The molecule has 2 aliphatic rings. The summed E-state index contributed by atoms with van der Waals surface area (Å²) in [4.78, 5) is 41.0. The van der Waals surface area contributed by atoms with Crippen LogP contribution in [0, 0.1) is 17.7 Å². The van der Waals surface area contributed by atoms with E-state index in [1.165, 1.54) is 12.1 Å². The molecular weight excluding hydrogens is 409 g/mol. The van der Waals surface area contributed by atoms with Gasteiger partial charge in [-0.15, -0.1) is 0 Å². The van der Waals surface area contributed by atoms with Crippen molar-refractivity contribution in [1.82, 2.24) is 15.1 Å². The number of carbonyl (C=O) groups excluding carboxylic acids is 3. The van der Waals surface area contributed by atoms with E-state index in [1.54, 1.807) is 4.90 Å². The van der Waals surface area contributed by atoms with Gasteiger partial charge >= 0.3 is 0 Å². The van der Waals surface area contributed by atoms with Crippen molar-refractivity contribution in [3.63, 3.8) is 0 Å². The molecule has 30 heavy (non-hydrogen) atoms. The van der Waals surface area contributed by atoms with E-state index < -0.39 is 11.7 Å². The summed E-state index contributed by atoms with van der Waals surface area (Å²) in [6.07, 6.45) is 3.69. The van der Waals surface area contributed by atoms with Crippen molar-refractivity contribution in [2.75, 3.05) is 32.7 Å². The maximum absolute atomic E-state index is 13.1. The molecule has 0 aromatic heterocycles. The summed E-state index contributed by atoms with van der Waals surface area (Å²) >= 11 is 5.88. The Balaban J connectivity index is 1.39. The molecule has 0 spiro atoms. The Labute approximate surface area is 181 Å². The van der Waals surface area contributed by atoms with Gasteiger partial charge in [-0.05, 0) is 49.8 Å². The van der Waals surface area contributed by atoms with Gasteiger partial charge in [0.1, 0.15) is 5.82 Å². The fourth-order valence-electron chi connectivity index (χ4n) is 4.07. The van der Waals surface area contributed by atoms with Crippen molar-refractivity contribution in [2.45, 2.75) is 39.0 Å². The maximum Gasteiger partial charge on any atom is 0.252 e. The van der Waals surface area contributed by atoms with E-state index in [0.717, 1.165) is 32.0 Å². The van der Waals surface area contributed by atoms with E-state index in [9.17, 15) is 18.8 Å². The molecular formula is C22H29ClFN3O3. The van der Waals surface area contributed by atoms with E-state index in [1.807, 2.05) is 4.90 Å². The standard InChI is InChI=1S/C22H29ClFN3O3/c1-15-5-10-27(11-6-15)22(30)16-7-12-26(13-8-16)20(28)4-9-25-21(29)18-3-2-17(24)14-19(18)23/h2-3,14-16H,4-13H2,1H3,(H,25,29). The fraction of sp³-hybridized carbons (Fsp3) is 0.591. The Kier molecular flexibility index (Phi) is 7.69. The van der Waals surface area contributed by atoms with Crippen molar-refractivity contribution in [3.05, 3.63) is 34.6 Å². The molecule has 2 aliphatic heterocycles. The third-order valence-electron chi connectivity index (χ3n) is 6.09. The van der Waals surface area contributed by atoms with Crippen molar-refractivity contribution >= 4 is 29.3 Å². The van der Waals surface area contributed by atoms with Gasteiger partial charge in [0.15, 0.2) is 0 Å². The molecule has 0 unspecified atom stereocenters. The molecule has 0 atom stereocenters. The Hall–Kier alpha value is -2.15. The number of hydrogen-bond donors (Lipinski definition) is 1. The average molecular weight is 438 g/mol. The Morgan fingerprint density at radius 2 is 1.70 bits per heavy atom. The molecule has 1 aromatic rings. The first kappa shape index (κ1) is 22.5. The first-order chi connectivity index (χ1) is 14.3. The molecule has 2 heterocycles. The molecule has 0 radical (unpaired) electrons. The fourth-order valence-corrected chi connectivity index (χ4v) is 4.33. The SMILES string of the molecule is CC1CCN(C(=O)C2CCN(C(=O)CCNC(=O)c3ccc(F)cc3Cl)CC2)CC1. The first-order valence-corrected chi connectivity index (χ1v) is 11.0. The van der Waals surface area contributed by atoms with Gasteiger partial charge in [0.2, 0.25) is 11.8 Å². The second-order valence-electron chi connectivity index (χ2n) is 8.29. The van der Waals surface area contributed by atoms with Crippen molar-refractivity contribution in [3.8, 4) is 0 Å². The van der Waals surface area contributed by atoms with Crippen LogP contribution < -0.4 is 5.32 Å². The number of piperidine rings is 2. The zero-order valence-electron chi connectivity index (χ0n) is 17.3. The van der Waals surface area contributed by atoms with Gasteiger partial charge in [-0.3, -0.25) is 14.4 Å². The molecule has 164 valence electrons. The summed E-state index contributed by atoms with van der Waals surface area (Å²) in [5.41, 5.74) is 0.178. The Morgan fingerprint density at radius 3 is 2.33 bits per heavy atom. The van der Waals surface area contributed by atoms with E-state index >= 15 is 0 Å².